The molecule has 1 N–H and O–H groups in total. The summed E-state index contributed by atoms with van der Waals surface area (Å²) in [6.45, 7) is 3.94. The SMILES string of the molecule is CSC1CCN(c2ccc([C@H](C)O)cn2)CC1. The fraction of sp³-hybridized carbons (Fsp3) is 0.615. The van der Waals surface area contributed by atoms with Crippen LogP contribution in [0.4, 0.5) is 5.82 Å². The summed E-state index contributed by atoms with van der Waals surface area (Å²) in [6, 6.07) is 3.98. The summed E-state index contributed by atoms with van der Waals surface area (Å²) in [6.07, 6.45) is 6.01. The molecule has 3 nitrogen and oxygen atoms in total. The zero-order valence-electron chi connectivity index (χ0n) is 10.5. The Hall–Kier alpha value is -0.740. The summed E-state index contributed by atoms with van der Waals surface area (Å²) in [5, 5.41) is 10.2. The third-order valence-electron chi connectivity index (χ3n) is 3.35. The Bertz CT molecular complexity index is 345. The fourth-order valence-electron chi connectivity index (χ4n) is 2.15. The first kappa shape index (κ1) is 12.7. The summed E-state index contributed by atoms with van der Waals surface area (Å²) in [7, 11) is 0. The molecule has 1 aliphatic rings. The van der Waals surface area contributed by atoms with Crippen molar-refractivity contribution in [2.45, 2.75) is 31.1 Å². The zero-order chi connectivity index (χ0) is 12.3. The Morgan fingerprint density at radius 2 is 2.12 bits per heavy atom. The fourth-order valence-corrected chi connectivity index (χ4v) is 2.83. The second-order valence-corrected chi connectivity index (χ2v) is 5.69. The van der Waals surface area contributed by atoms with Crippen molar-refractivity contribution >= 4 is 17.6 Å². The third kappa shape index (κ3) is 3.13. The van der Waals surface area contributed by atoms with Crippen molar-refractivity contribution < 1.29 is 5.11 Å². The molecule has 1 atom stereocenters. The van der Waals surface area contributed by atoms with E-state index in [4.69, 9.17) is 0 Å². The number of aromatic nitrogens is 1. The number of aliphatic hydroxyl groups is 1. The number of anilines is 1. The van der Waals surface area contributed by atoms with Gasteiger partial charge < -0.3 is 10.0 Å². The van der Waals surface area contributed by atoms with Crippen LogP contribution in [-0.4, -0.2) is 34.7 Å². The van der Waals surface area contributed by atoms with Crippen molar-refractivity contribution in [1.29, 1.82) is 0 Å². The number of thioether (sulfide) groups is 1. The van der Waals surface area contributed by atoms with Crippen molar-refractivity contribution in [3.05, 3.63) is 23.9 Å². The molecule has 94 valence electrons. The maximum Gasteiger partial charge on any atom is 0.128 e. The molecule has 1 aromatic heterocycles. The van der Waals surface area contributed by atoms with Crippen LogP contribution in [0.3, 0.4) is 0 Å². The van der Waals surface area contributed by atoms with E-state index in [0.717, 1.165) is 29.7 Å². The standard InChI is InChI=1S/C13H20N2OS/c1-10(16)11-3-4-13(14-9-11)15-7-5-12(17-2)6-8-15/h3-4,9-10,12,16H,5-8H2,1-2H3/t10-/m0/s1. The molecule has 0 bridgehead atoms. The highest BCUT2D eigenvalue weighted by atomic mass is 32.2. The van der Waals surface area contributed by atoms with E-state index >= 15 is 0 Å². The Labute approximate surface area is 107 Å². The number of aliphatic hydroxyl groups excluding tert-OH is 1. The lowest BCUT2D eigenvalue weighted by atomic mass is 10.1. The number of hydrogen-bond donors (Lipinski definition) is 1. The van der Waals surface area contributed by atoms with Crippen molar-refractivity contribution in [2.75, 3.05) is 24.2 Å². The molecule has 0 spiro atoms. The lowest BCUT2D eigenvalue weighted by Gasteiger charge is -2.32. The number of pyridine rings is 1. The van der Waals surface area contributed by atoms with Crippen LogP contribution in [-0.2, 0) is 0 Å². The summed E-state index contributed by atoms with van der Waals surface area (Å²) in [5.41, 5.74) is 0.882. The average molecular weight is 252 g/mol. The van der Waals surface area contributed by atoms with Crippen LogP contribution in [0.25, 0.3) is 0 Å². The first-order valence-corrected chi connectivity index (χ1v) is 7.41. The first-order valence-electron chi connectivity index (χ1n) is 6.12. The quantitative estimate of drug-likeness (QED) is 0.896. The summed E-state index contributed by atoms with van der Waals surface area (Å²) < 4.78 is 0. The highest BCUT2D eigenvalue weighted by Crippen LogP contribution is 2.24. The Balaban J connectivity index is 1.99. The van der Waals surface area contributed by atoms with E-state index in [1.54, 1.807) is 13.1 Å². The summed E-state index contributed by atoms with van der Waals surface area (Å²) in [5.74, 6) is 1.04. The molecular weight excluding hydrogens is 232 g/mol. The van der Waals surface area contributed by atoms with Gasteiger partial charge in [-0.3, -0.25) is 0 Å². The van der Waals surface area contributed by atoms with Crippen LogP contribution >= 0.6 is 11.8 Å². The van der Waals surface area contributed by atoms with E-state index in [-0.39, 0.29) is 0 Å². The van der Waals surface area contributed by atoms with Gasteiger partial charge in [0.1, 0.15) is 5.82 Å². The van der Waals surface area contributed by atoms with E-state index in [9.17, 15) is 5.11 Å². The molecule has 0 amide bonds. The molecule has 2 heterocycles. The molecule has 0 radical (unpaired) electrons. The number of hydrogen-bond acceptors (Lipinski definition) is 4. The zero-order valence-corrected chi connectivity index (χ0v) is 11.3. The second-order valence-electron chi connectivity index (χ2n) is 4.55. The van der Waals surface area contributed by atoms with Gasteiger partial charge in [0.25, 0.3) is 0 Å². The molecule has 1 aliphatic heterocycles. The van der Waals surface area contributed by atoms with Crippen LogP contribution in [0.1, 0.15) is 31.4 Å². The van der Waals surface area contributed by atoms with Gasteiger partial charge in [0, 0.05) is 24.5 Å². The Kier molecular flexibility index (Phi) is 4.29. The lowest BCUT2D eigenvalue weighted by Crippen LogP contribution is -2.35. The Morgan fingerprint density at radius 1 is 1.41 bits per heavy atom. The van der Waals surface area contributed by atoms with Gasteiger partial charge in [0.2, 0.25) is 0 Å². The molecule has 17 heavy (non-hydrogen) atoms. The molecule has 1 aromatic rings. The molecule has 0 aromatic carbocycles. The van der Waals surface area contributed by atoms with Crippen LogP contribution in [0.2, 0.25) is 0 Å². The topological polar surface area (TPSA) is 36.4 Å². The molecule has 1 saturated heterocycles. The molecule has 4 heteroatoms. The minimum absolute atomic E-state index is 0.432. The number of piperidine rings is 1. The van der Waals surface area contributed by atoms with Gasteiger partial charge in [0.15, 0.2) is 0 Å². The van der Waals surface area contributed by atoms with Gasteiger partial charge in [-0.1, -0.05) is 6.07 Å². The van der Waals surface area contributed by atoms with Crippen molar-refractivity contribution in [3.8, 4) is 0 Å². The van der Waals surface area contributed by atoms with Crippen LogP contribution in [0, 0.1) is 0 Å². The van der Waals surface area contributed by atoms with E-state index in [2.05, 4.69) is 16.1 Å². The molecule has 0 aliphatic carbocycles. The maximum atomic E-state index is 9.44. The molecule has 0 unspecified atom stereocenters. The van der Waals surface area contributed by atoms with Gasteiger partial charge in [0.05, 0.1) is 6.10 Å². The van der Waals surface area contributed by atoms with Crippen LogP contribution in [0.15, 0.2) is 18.3 Å². The van der Waals surface area contributed by atoms with Crippen molar-refractivity contribution in [3.63, 3.8) is 0 Å². The maximum absolute atomic E-state index is 9.44. The van der Waals surface area contributed by atoms with Crippen molar-refractivity contribution in [2.24, 2.45) is 0 Å². The van der Waals surface area contributed by atoms with Gasteiger partial charge in [-0.05, 0) is 37.7 Å². The lowest BCUT2D eigenvalue weighted by molar-refractivity contribution is 0.199. The molecular formula is C13H20N2OS. The highest BCUT2D eigenvalue weighted by Gasteiger charge is 2.19. The average Bonchev–Trinajstić information content (AvgIpc) is 2.39. The third-order valence-corrected chi connectivity index (χ3v) is 4.49. The first-order chi connectivity index (χ1) is 8.20. The van der Waals surface area contributed by atoms with E-state index in [0.29, 0.717) is 0 Å². The van der Waals surface area contributed by atoms with Gasteiger partial charge in [-0.15, -0.1) is 0 Å². The molecule has 2 rings (SSSR count). The van der Waals surface area contributed by atoms with Gasteiger partial charge in [-0.2, -0.15) is 11.8 Å². The predicted octanol–water partition coefficient (Wildman–Crippen LogP) is 2.47. The smallest absolute Gasteiger partial charge is 0.128 e. The number of nitrogens with zero attached hydrogens (tertiary/aromatic N) is 2. The van der Waals surface area contributed by atoms with Crippen LogP contribution in [0.5, 0.6) is 0 Å². The van der Waals surface area contributed by atoms with E-state index in [1.807, 2.05) is 23.9 Å². The normalized spacial score (nSPS) is 19.4. The van der Waals surface area contributed by atoms with E-state index < -0.39 is 6.10 Å². The largest absolute Gasteiger partial charge is 0.389 e. The van der Waals surface area contributed by atoms with E-state index in [1.165, 1.54) is 12.8 Å². The molecule has 1 fully saturated rings. The van der Waals surface area contributed by atoms with Crippen molar-refractivity contribution in [1.82, 2.24) is 4.98 Å². The highest BCUT2D eigenvalue weighted by molar-refractivity contribution is 7.99. The van der Waals surface area contributed by atoms with Crippen LogP contribution < -0.4 is 4.90 Å². The van der Waals surface area contributed by atoms with Gasteiger partial charge >= 0.3 is 0 Å². The number of rotatable bonds is 3. The minimum Gasteiger partial charge on any atom is -0.389 e. The predicted molar refractivity (Wildman–Crippen MR) is 73.6 cm³/mol. The summed E-state index contributed by atoms with van der Waals surface area (Å²) in [4.78, 5) is 6.77. The minimum atomic E-state index is -0.432. The second kappa shape index (κ2) is 5.74. The summed E-state index contributed by atoms with van der Waals surface area (Å²) >= 11 is 1.97. The monoisotopic (exact) mass is 252 g/mol. The molecule has 0 saturated carbocycles. The Morgan fingerprint density at radius 3 is 2.59 bits per heavy atom. The van der Waals surface area contributed by atoms with Gasteiger partial charge in [-0.25, -0.2) is 4.98 Å².